The van der Waals surface area contributed by atoms with Gasteiger partial charge < -0.3 is 43.0 Å². The molecule has 0 radical (unpaired) electrons. The Balaban J connectivity index is 3.01. The molecule has 10 heteroatoms. The fourth-order valence-electron chi connectivity index (χ4n) is 2.51. The third-order valence-electron chi connectivity index (χ3n) is 4.22. The highest BCUT2D eigenvalue weighted by Crippen LogP contribution is 2.02. The van der Waals surface area contributed by atoms with Crippen molar-refractivity contribution < 1.29 is 47.8 Å². The number of carboxylic acid groups (broad SMARTS) is 1. The van der Waals surface area contributed by atoms with Crippen molar-refractivity contribution in [3.8, 4) is 0 Å². The number of carbonyl (C=O) groups is 1. The number of aliphatic carboxylic acids is 1. The number of unbranched alkanes of at least 4 members (excludes halogenated alkanes) is 4. The van der Waals surface area contributed by atoms with Crippen LogP contribution < -0.4 is 0 Å². The molecule has 0 aliphatic carbocycles. The monoisotopic (exact) mass is 482 g/mol. The largest absolute Gasteiger partial charge is 0.480 e. The molecule has 33 heavy (non-hydrogen) atoms. The van der Waals surface area contributed by atoms with Gasteiger partial charge in [-0.3, -0.25) is 0 Å². The zero-order valence-electron chi connectivity index (χ0n) is 20.5. The highest BCUT2D eigenvalue weighted by Gasteiger charge is 1.97. The maximum absolute atomic E-state index is 10.2. The lowest BCUT2D eigenvalue weighted by molar-refractivity contribution is -0.142. The lowest BCUT2D eigenvalue weighted by Gasteiger charge is -2.08. The molecule has 0 rings (SSSR count). The van der Waals surface area contributed by atoms with E-state index in [4.69, 9.17) is 43.0 Å². The second-order valence-corrected chi connectivity index (χ2v) is 7.15. The van der Waals surface area contributed by atoms with Crippen LogP contribution in [0.1, 0.15) is 39.0 Å². The molecule has 0 aromatic carbocycles. The molecule has 0 atom stereocenters. The van der Waals surface area contributed by atoms with Gasteiger partial charge in [0.15, 0.2) is 0 Å². The Morgan fingerprint density at radius 1 is 0.455 bits per heavy atom. The first-order valence-corrected chi connectivity index (χ1v) is 12.1. The van der Waals surface area contributed by atoms with Crippen LogP contribution in [0.25, 0.3) is 0 Å². The van der Waals surface area contributed by atoms with Crippen LogP contribution in [-0.2, 0) is 42.7 Å². The third-order valence-corrected chi connectivity index (χ3v) is 4.22. The van der Waals surface area contributed by atoms with Crippen molar-refractivity contribution in [3.05, 3.63) is 0 Å². The summed E-state index contributed by atoms with van der Waals surface area (Å²) in [4.78, 5) is 10.2. The molecule has 0 aromatic heterocycles. The van der Waals surface area contributed by atoms with Crippen LogP contribution in [-0.4, -0.2) is 117 Å². The molecule has 0 bridgehead atoms. The maximum atomic E-state index is 10.2. The van der Waals surface area contributed by atoms with Gasteiger partial charge in [0.05, 0.1) is 92.5 Å². The number of carboxylic acids is 1. The van der Waals surface area contributed by atoms with Gasteiger partial charge in [0.25, 0.3) is 0 Å². The first kappa shape index (κ1) is 32.1. The quantitative estimate of drug-likeness (QED) is 0.159. The average molecular weight is 483 g/mol. The second kappa shape index (κ2) is 29.2. The summed E-state index contributed by atoms with van der Waals surface area (Å²) in [6, 6.07) is 0. The summed E-state index contributed by atoms with van der Waals surface area (Å²) in [5.41, 5.74) is 0. The molecular weight excluding hydrogens is 436 g/mol. The van der Waals surface area contributed by atoms with E-state index in [0.717, 1.165) is 13.0 Å². The zero-order valence-corrected chi connectivity index (χ0v) is 20.5. The van der Waals surface area contributed by atoms with Gasteiger partial charge in [0.1, 0.15) is 6.61 Å². The molecular formula is C23H46O10. The van der Waals surface area contributed by atoms with Gasteiger partial charge in [-0.05, 0) is 6.42 Å². The van der Waals surface area contributed by atoms with Gasteiger partial charge >= 0.3 is 5.97 Å². The fraction of sp³-hybridized carbons (Fsp3) is 0.957. The average Bonchev–Trinajstić information content (AvgIpc) is 2.80. The predicted octanol–water partition coefficient (Wildman–Crippen LogP) is 2.17. The summed E-state index contributed by atoms with van der Waals surface area (Å²) in [6.45, 7) is 9.59. The lowest BCUT2D eigenvalue weighted by Crippen LogP contribution is -2.15. The molecule has 0 saturated carbocycles. The SMILES string of the molecule is CCCCCCCOCCOCCOCCOCCOCCOCCOCCOCC(=O)O. The van der Waals surface area contributed by atoms with E-state index in [1.54, 1.807) is 0 Å². The van der Waals surface area contributed by atoms with Crippen molar-refractivity contribution >= 4 is 5.97 Å². The van der Waals surface area contributed by atoms with E-state index in [1.165, 1.54) is 25.7 Å². The van der Waals surface area contributed by atoms with E-state index in [-0.39, 0.29) is 13.2 Å². The van der Waals surface area contributed by atoms with Gasteiger partial charge in [-0.2, -0.15) is 0 Å². The molecule has 0 aromatic rings. The highest BCUT2D eigenvalue weighted by atomic mass is 16.6. The van der Waals surface area contributed by atoms with Crippen LogP contribution >= 0.6 is 0 Å². The van der Waals surface area contributed by atoms with Gasteiger partial charge in [0, 0.05) is 6.61 Å². The van der Waals surface area contributed by atoms with Crippen molar-refractivity contribution in [2.24, 2.45) is 0 Å². The highest BCUT2D eigenvalue weighted by molar-refractivity contribution is 5.67. The van der Waals surface area contributed by atoms with Crippen molar-refractivity contribution in [1.29, 1.82) is 0 Å². The molecule has 0 amide bonds. The molecule has 10 nitrogen and oxygen atoms in total. The summed E-state index contributed by atoms with van der Waals surface area (Å²) in [5, 5.41) is 8.39. The van der Waals surface area contributed by atoms with Gasteiger partial charge in [-0.15, -0.1) is 0 Å². The van der Waals surface area contributed by atoms with Crippen molar-refractivity contribution in [1.82, 2.24) is 0 Å². The van der Waals surface area contributed by atoms with Gasteiger partial charge in [-0.1, -0.05) is 32.6 Å². The molecule has 0 unspecified atom stereocenters. The standard InChI is InChI=1S/C23H46O10/c1-2-3-4-5-6-7-26-8-9-27-10-11-28-12-13-29-14-15-30-16-17-31-18-19-32-20-21-33-22-23(24)25/h2-22H2,1H3,(H,24,25). The minimum Gasteiger partial charge on any atom is -0.480 e. The second-order valence-electron chi connectivity index (χ2n) is 7.15. The number of rotatable bonds is 29. The van der Waals surface area contributed by atoms with Gasteiger partial charge in [0.2, 0.25) is 0 Å². The summed E-state index contributed by atoms with van der Waals surface area (Å²) >= 11 is 0. The lowest BCUT2D eigenvalue weighted by atomic mass is 10.2. The van der Waals surface area contributed by atoms with Crippen LogP contribution in [0.15, 0.2) is 0 Å². The van der Waals surface area contributed by atoms with Crippen LogP contribution in [0.2, 0.25) is 0 Å². The molecule has 0 aliphatic rings. The van der Waals surface area contributed by atoms with Crippen molar-refractivity contribution in [2.75, 3.05) is 106 Å². The summed E-state index contributed by atoms with van der Waals surface area (Å²) in [6.07, 6.45) is 6.26. The normalized spacial score (nSPS) is 11.3. The Hall–Kier alpha value is -0.850. The minimum absolute atomic E-state index is 0.253. The van der Waals surface area contributed by atoms with E-state index < -0.39 is 5.97 Å². The van der Waals surface area contributed by atoms with Crippen molar-refractivity contribution in [3.63, 3.8) is 0 Å². The Bertz CT molecular complexity index is 384. The number of hydrogen-bond donors (Lipinski definition) is 1. The molecule has 0 saturated heterocycles. The number of ether oxygens (including phenoxy) is 8. The molecule has 0 fully saturated rings. The first-order chi connectivity index (χ1) is 16.3. The van der Waals surface area contributed by atoms with Crippen LogP contribution in [0, 0.1) is 0 Å². The van der Waals surface area contributed by atoms with Gasteiger partial charge in [-0.25, -0.2) is 4.79 Å². The molecule has 1 N–H and O–H groups in total. The third kappa shape index (κ3) is 31.1. The summed E-state index contributed by atoms with van der Waals surface area (Å²) in [7, 11) is 0. The van der Waals surface area contributed by atoms with E-state index in [2.05, 4.69) is 6.92 Å². The zero-order chi connectivity index (χ0) is 24.1. The van der Waals surface area contributed by atoms with Crippen molar-refractivity contribution in [2.45, 2.75) is 39.0 Å². The topological polar surface area (TPSA) is 111 Å². The fourth-order valence-corrected chi connectivity index (χ4v) is 2.51. The smallest absolute Gasteiger partial charge is 0.329 e. The predicted molar refractivity (Wildman–Crippen MR) is 123 cm³/mol. The number of hydrogen-bond acceptors (Lipinski definition) is 9. The molecule has 0 heterocycles. The van der Waals surface area contributed by atoms with E-state index in [9.17, 15) is 4.79 Å². The molecule has 0 spiro atoms. The Labute approximate surface area is 199 Å². The summed E-state index contributed by atoms with van der Waals surface area (Å²) < 4.78 is 42.7. The van der Waals surface area contributed by atoms with Crippen LogP contribution in [0.5, 0.6) is 0 Å². The Morgan fingerprint density at radius 2 is 0.758 bits per heavy atom. The van der Waals surface area contributed by atoms with E-state index in [1.807, 2.05) is 0 Å². The minimum atomic E-state index is -0.988. The first-order valence-electron chi connectivity index (χ1n) is 12.1. The molecule has 198 valence electrons. The van der Waals surface area contributed by atoms with E-state index >= 15 is 0 Å². The maximum Gasteiger partial charge on any atom is 0.329 e. The Kier molecular flexibility index (Phi) is 28.4. The van der Waals surface area contributed by atoms with Crippen LogP contribution in [0.3, 0.4) is 0 Å². The van der Waals surface area contributed by atoms with Crippen LogP contribution in [0.4, 0.5) is 0 Å². The molecule has 0 aliphatic heterocycles. The Morgan fingerprint density at radius 3 is 1.09 bits per heavy atom. The van der Waals surface area contributed by atoms with E-state index in [0.29, 0.717) is 85.9 Å². The summed E-state index contributed by atoms with van der Waals surface area (Å²) in [5.74, 6) is -0.988.